The Labute approximate surface area is 128 Å². The Morgan fingerprint density at radius 2 is 1.23 bits per heavy atom. The normalized spacial score (nSPS) is 24.4. The topological polar surface area (TPSA) is 134 Å². The third-order valence-electron chi connectivity index (χ3n) is 3.63. The van der Waals surface area contributed by atoms with E-state index in [0.717, 1.165) is 12.8 Å². The van der Waals surface area contributed by atoms with Gasteiger partial charge in [-0.05, 0) is 12.8 Å². The number of carbonyl (C=O) groups is 2. The van der Waals surface area contributed by atoms with Crippen molar-refractivity contribution in [1.29, 1.82) is 0 Å². The van der Waals surface area contributed by atoms with Crippen LogP contribution < -0.4 is 0 Å². The first-order chi connectivity index (χ1) is 10.5. The van der Waals surface area contributed by atoms with Crippen LogP contribution in [0.2, 0.25) is 0 Å². The number of hydrogen-bond acceptors (Lipinski definition) is 8. The molecule has 4 atom stereocenters. The van der Waals surface area contributed by atoms with E-state index >= 15 is 0 Å². The van der Waals surface area contributed by atoms with Gasteiger partial charge in [0.05, 0.1) is 25.0 Å². The predicted molar refractivity (Wildman–Crippen MR) is 73.6 cm³/mol. The Bertz CT molecular complexity index is 325. The Morgan fingerprint density at radius 1 is 0.864 bits per heavy atom. The molecule has 0 saturated heterocycles. The second-order valence-electron chi connectivity index (χ2n) is 5.43. The first-order valence-electron chi connectivity index (χ1n) is 7.40. The van der Waals surface area contributed by atoms with E-state index in [0.29, 0.717) is 12.8 Å². The minimum atomic E-state index is -1.14. The van der Waals surface area contributed by atoms with Gasteiger partial charge in [0, 0.05) is 0 Å². The molecule has 1 rings (SSSR count). The lowest BCUT2D eigenvalue weighted by Gasteiger charge is -2.28. The number of rotatable bonds is 8. The maximum Gasteiger partial charge on any atom is 0.309 e. The average molecular weight is 320 g/mol. The lowest BCUT2D eigenvalue weighted by atomic mass is 9.79. The maximum atomic E-state index is 12.0. The van der Waals surface area contributed by atoms with Crippen LogP contribution in [-0.2, 0) is 19.1 Å². The first kappa shape index (κ1) is 18.8. The molecule has 0 bridgehead atoms. The number of esters is 2. The second kappa shape index (κ2) is 9.73. The van der Waals surface area contributed by atoms with E-state index in [9.17, 15) is 19.8 Å². The van der Waals surface area contributed by atoms with Crippen LogP contribution in [-0.4, -0.2) is 71.0 Å². The van der Waals surface area contributed by atoms with Crippen molar-refractivity contribution >= 4 is 11.9 Å². The summed E-state index contributed by atoms with van der Waals surface area (Å²) in [5, 5.41) is 35.7. The highest BCUT2D eigenvalue weighted by Crippen LogP contribution is 2.32. The van der Waals surface area contributed by atoms with Crippen molar-refractivity contribution < 1.29 is 39.5 Å². The smallest absolute Gasteiger partial charge is 0.309 e. The molecular formula is C14H24O8. The molecule has 1 aliphatic rings. The molecule has 4 unspecified atom stereocenters. The third kappa shape index (κ3) is 5.88. The number of aliphatic hydroxyl groups excluding tert-OH is 4. The Hall–Kier alpha value is -1.22. The molecule has 0 heterocycles. The van der Waals surface area contributed by atoms with Gasteiger partial charge in [-0.25, -0.2) is 0 Å². The SMILES string of the molecule is O=C(OCC(O)CO)C1CCCCC1C(=O)OCC(O)CO. The van der Waals surface area contributed by atoms with Gasteiger partial charge in [-0.1, -0.05) is 12.8 Å². The molecule has 0 radical (unpaired) electrons. The van der Waals surface area contributed by atoms with Gasteiger partial charge in [-0.3, -0.25) is 9.59 Å². The summed E-state index contributed by atoms with van der Waals surface area (Å²) in [4.78, 5) is 24.0. The van der Waals surface area contributed by atoms with Gasteiger partial charge < -0.3 is 29.9 Å². The van der Waals surface area contributed by atoms with E-state index in [4.69, 9.17) is 19.7 Å². The minimum absolute atomic E-state index is 0.323. The largest absolute Gasteiger partial charge is 0.463 e. The van der Waals surface area contributed by atoms with Gasteiger partial charge in [0.1, 0.15) is 25.4 Å². The van der Waals surface area contributed by atoms with Gasteiger partial charge in [0.25, 0.3) is 0 Å². The van der Waals surface area contributed by atoms with E-state index in [1.165, 1.54) is 0 Å². The van der Waals surface area contributed by atoms with Crippen LogP contribution in [0.25, 0.3) is 0 Å². The molecule has 1 fully saturated rings. The summed E-state index contributed by atoms with van der Waals surface area (Å²) in [6, 6.07) is 0. The number of carbonyl (C=O) groups excluding carboxylic acids is 2. The van der Waals surface area contributed by atoms with Crippen molar-refractivity contribution in [1.82, 2.24) is 0 Å². The van der Waals surface area contributed by atoms with Gasteiger partial charge in [0.2, 0.25) is 0 Å². The molecule has 1 saturated carbocycles. The van der Waals surface area contributed by atoms with Gasteiger partial charge in [0.15, 0.2) is 0 Å². The van der Waals surface area contributed by atoms with Crippen molar-refractivity contribution in [3.8, 4) is 0 Å². The van der Waals surface area contributed by atoms with Crippen LogP contribution in [0.1, 0.15) is 25.7 Å². The molecule has 1 aliphatic carbocycles. The molecule has 0 aromatic heterocycles. The minimum Gasteiger partial charge on any atom is -0.463 e. The van der Waals surface area contributed by atoms with Crippen LogP contribution in [0.5, 0.6) is 0 Å². The van der Waals surface area contributed by atoms with E-state index < -0.39 is 49.2 Å². The summed E-state index contributed by atoms with van der Waals surface area (Å²) in [5.74, 6) is -2.51. The third-order valence-corrected chi connectivity index (χ3v) is 3.63. The average Bonchev–Trinajstić information content (AvgIpc) is 2.56. The van der Waals surface area contributed by atoms with Crippen LogP contribution in [0.4, 0.5) is 0 Å². The monoisotopic (exact) mass is 320 g/mol. The number of aliphatic hydroxyl groups is 4. The van der Waals surface area contributed by atoms with Gasteiger partial charge in [-0.15, -0.1) is 0 Å². The van der Waals surface area contributed by atoms with Crippen LogP contribution in [0.15, 0.2) is 0 Å². The molecule has 22 heavy (non-hydrogen) atoms. The fourth-order valence-corrected chi connectivity index (χ4v) is 2.37. The molecular weight excluding hydrogens is 296 g/mol. The molecule has 4 N–H and O–H groups in total. The second-order valence-corrected chi connectivity index (χ2v) is 5.43. The fraction of sp³-hybridized carbons (Fsp3) is 0.857. The molecule has 0 aromatic carbocycles. The van der Waals surface area contributed by atoms with Crippen molar-refractivity contribution in [2.75, 3.05) is 26.4 Å². The highest BCUT2D eigenvalue weighted by atomic mass is 16.6. The lowest BCUT2D eigenvalue weighted by molar-refractivity contribution is -0.166. The quantitative estimate of drug-likeness (QED) is 0.401. The highest BCUT2D eigenvalue weighted by molar-refractivity contribution is 5.82. The number of ether oxygens (including phenoxy) is 2. The van der Waals surface area contributed by atoms with E-state index in [-0.39, 0.29) is 13.2 Å². The maximum absolute atomic E-state index is 12.0. The predicted octanol–water partition coefficient (Wildman–Crippen LogP) is -1.41. The summed E-state index contributed by atoms with van der Waals surface area (Å²) >= 11 is 0. The van der Waals surface area contributed by atoms with Crippen LogP contribution in [0, 0.1) is 11.8 Å². The zero-order valence-corrected chi connectivity index (χ0v) is 12.4. The molecule has 8 nitrogen and oxygen atoms in total. The Balaban J connectivity index is 2.54. The summed E-state index contributed by atoms with van der Waals surface area (Å²) < 4.78 is 9.83. The summed E-state index contributed by atoms with van der Waals surface area (Å²) in [6.07, 6.45) is 0.249. The highest BCUT2D eigenvalue weighted by Gasteiger charge is 2.38. The Kier molecular flexibility index (Phi) is 8.32. The molecule has 0 amide bonds. The zero-order valence-electron chi connectivity index (χ0n) is 12.4. The summed E-state index contributed by atoms with van der Waals surface area (Å²) in [6.45, 7) is -1.67. The standard InChI is InChI=1S/C14H24O8/c15-5-9(17)7-21-13(19)11-3-1-2-4-12(11)14(20)22-8-10(18)6-16/h9-12,15-18H,1-8H2. The van der Waals surface area contributed by atoms with E-state index in [2.05, 4.69) is 0 Å². The lowest BCUT2D eigenvalue weighted by Crippen LogP contribution is -2.37. The van der Waals surface area contributed by atoms with Crippen LogP contribution in [0.3, 0.4) is 0 Å². The summed E-state index contributed by atoms with van der Waals surface area (Å²) in [7, 11) is 0. The molecule has 0 aromatic rings. The number of hydrogen-bond donors (Lipinski definition) is 4. The molecule has 8 heteroatoms. The molecule has 0 aliphatic heterocycles. The Morgan fingerprint density at radius 3 is 1.55 bits per heavy atom. The van der Waals surface area contributed by atoms with Gasteiger partial charge in [-0.2, -0.15) is 0 Å². The van der Waals surface area contributed by atoms with E-state index in [1.807, 2.05) is 0 Å². The van der Waals surface area contributed by atoms with Gasteiger partial charge >= 0.3 is 11.9 Å². The zero-order chi connectivity index (χ0) is 16.5. The van der Waals surface area contributed by atoms with Crippen molar-refractivity contribution in [2.24, 2.45) is 11.8 Å². The first-order valence-corrected chi connectivity index (χ1v) is 7.40. The summed E-state index contributed by atoms with van der Waals surface area (Å²) in [5.41, 5.74) is 0. The fourth-order valence-electron chi connectivity index (χ4n) is 2.37. The van der Waals surface area contributed by atoms with Crippen molar-refractivity contribution in [3.63, 3.8) is 0 Å². The molecule has 0 spiro atoms. The van der Waals surface area contributed by atoms with E-state index in [1.54, 1.807) is 0 Å². The van der Waals surface area contributed by atoms with Crippen LogP contribution >= 0.6 is 0 Å². The van der Waals surface area contributed by atoms with Crippen molar-refractivity contribution in [2.45, 2.75) is 37.9 Å². The molecule has 128 valence electrons. The van der Waals surface area contributed by atoms with Crippen molar-refractivity contribution in [3.05, 3.63) is 0 Å².